The molecule has 2 aromatic heterocycles. The zero-order chi connectivity index (χ0) is 20.7. The number of benzene rings is 3. The Kier molecular flexibility index (Phi) is 4.21. The van der Waals surface area contributed by atoms with Gasteiger partial charge in [-0.25, -0.2) is 9.59 Å². The second-order valence-corrected chi connectivity index (χ2v) is 6.95. The van der Waals surface area contributed by atoms with Crippen molar-refractivity contribution >= 4 is 27.9 Å². The van der Waals surface area contributed by atoms with Crippen LogP contribution >= 0.6 is 0 Å². The van der Waals surface area contributed by atoms with Crippen LogP contribution in [0.4, 0.5) is 0 Å². The predicted molar refractivity (Wildman–Crippen MR) is 114 cm³/mol. The fraction of sp³-hybridized carbons (Fsp3) is 0.0400. The summed E-state index contributed by atoms with van der Waals surface area (Å²) in [6.07, 6.45) is 0. The number of carbonyl (C=O) groups is 1. The van der Waals surface area contributed by atoms with E-state index in [1.807, 2.05) is 55.5 Å². The molecule has 0 radical (unpaired) electrons. The summed E-state index contributed by atoms with van der Waals surface area (Å²) < 4.78 is 16.5. The molecule has 0 aliphatic rings. The fourth-order valence-corrected chi connectivity index (χ4v) is 3.58. The first-order chi connectivity index (χ1) is 14.6. The molecule has 5 aromatic rings. The highest BCUT2D eigenvalue weighted by molar-refractivity contribution is 5.94. The average Bonchev–Trinajstić information content (AvgIpc) is 3.19. The number of furan rings is 1. The van der Waals surface area contributed by atoms with Crippen LogP contribution in [0.3, 0.4) is 0 Å². The Bertz CT molecular complexity index is 1420. The van der Waals surface area contributed by atoms with Crippen LogP contribution in [0.5, 0.6) is 5.75 Å². The van der Waals surface area contributed by atoms with Crippen molar-refractivity contribution in [3.63, 3.8) is 0 Å². The molecule has 5 heteroatoms. The molecule has 0 atom stereocenters. The average molecular weight is 396 g/mol. The molecule has 0 amide bonds. The van der Waals surface area contributed by atoms with E-state index < -0.39 is 11.6 Å². The van der Waals surface area contributed by atoms with Crippen LogP contribution in [0, 0.1) is 6.92 Å². The number of rotatable bonds is 3. The van der Waals surface area contributed by atoms with Gasteiger partial charge in [-0.05, 0) is 42.3 Å². The molecule has 2 heterocycles. The molecule has 5 rings (SSSR count). The normalized spacial score (nSPS) is 11.1. The third-order valence-corrected chi connectivity index (χ3v) is 5.04. The Balaban J connectivity index is 1.50. The summed E-state index contributed by atoms with van der Waals surface area (Å²) in [7, 11) is 0. The maximum atomic E-state index is 12.6. The molecule has 0 saturated heterocycles. The monoisotopic (exact) mass is 396 g/mol. The lowest BCUT2D eigenvalue weighted by Gasteiger charge is -2.09. The van der Waals surface area contributed by atoms with E-state index in [1.165, 1.54) is 0 Å². The van der Waals surface area contributed by atoms with E-state index in [9.17, 15) is 9.59 Å². The summed E-state index contributed by atoms with van der Waals surface area (Å²) in [4.78, 5) is 25.1. The Morgan fingerprint density at radius 1 is 0.833 bits per heavy atom. The lowest BCUT2D eigenvalue weighted by molar-refractivity contribution is 0.0704. The Hall–Kier alpha value is -4.12. The van der Waals surface area contributed by atoms with Gasteiger partial charge in [0.15, 0.2) is 0 Å². The second kappa shape index (κ2) is 7.04. The molecular weight excluding hydrogens is 380 g/mol. The van der Waals surface area contributed by atoms with Crippen molar-refractivity contribution < 1.29 is 18.4 Å². The molecule has 0 unspecified atom stereocenters. The number of hydrogen-bond donors (Lipinski definition) is 0. The minimum Gasteiger partial charge on any atom is -0.449 e. The summed E-state index contributed by atoms with van der Waals surface area (Å²) in [5.74, 6) is -0.248. The van der Waals surface area contributed by atoms with E-state index in [-0.39, 0.29) is 11.5 Å². The minimum atomic E-state index is -0.620. The number of aryl methyl sites for hydroxylation is 1. The largest absolute Gasteiger partial charge is 0.449 e. The Labute approximate surface area is 171 Å². The second-order valence-electron chi connectivity index (χ2n) is 6.95. The number of carbonyl (C=O) groups excluding carboxylic acids is 1. The molecule has 0 aliphatic heterocycles. The summed E-state index contributed by atoms with van der Waals surface area (Å²) in [6.45, 7) is 1.88. The third kappa shape index (κ3) is 3.06. The summed E-state index contributed by atoms with van der Waals surface area (Å²) in [5.41, 5.74) is 2.65. The summed E-state index contributed by atoms with van der Waals surface area (Å²) in [5, 5.41) is 1.59. The number of para-hydroxylation sites is 1. The van der Waals surface area contributed by atoms with Gasteiger partial charge < -0.3 is 13.6 Å². The smallest absolute Gasteiger partial charge is 0.379 e. The van der Waals surface area contributed by atoms with Gasteiger partial charge >= 0.3 is 11.6 Å². The van der Waals surface area contributed by atoms with Gasteiger partial charge in [0.05, 0.1) is 5.56 Å². The molecule has 146 valence electrons. The van der Waals surface area contributed by atoms with Crippen molar-refractivity contribution in [2.75, 3.05) is 0 Å². The van der Waals surface area contributed by atoms with Crippen LogP contribution in [0.1, 0.15) is 16.1 Å². The van der Waals surface area contributed by atoms with E-state index in [1.54, 1.807) is 30.3 Å². The molecule has 0 spiro atoms. The van der Waals surface area contributed by atoms with Crippen molar-refractivity contribution in [2.45, 2.75) is 6.92 Å². The van der Waals surface area contributed by atoms with Crippen molar-refractivity contribution in [3.05, 3.63) is 101 Å². The number of fused-ring (bicyclic) bond motifs is 2. The van der Waals surface area contributed by atoms with Gasteiger partial charge in [0.25, 0.3) is 0 Å². The van der Waals surface area contributed by atoms with Gasteiger partial charge in [0.1, 0.15) is 16.9 Å². The first kappa shape index (κ1) is 17.9. The van der Waals surface area contributed by atoms with Gasteiger partial charge in [-0.15, -0.1) is 0 Å². The van der Waals surface area contributed by atoms with Crippen molar-refractivity contribution in [2.24, 2.45) is 0 Å². The van der Waals surface area contributed by atoms with Crippen LogP contribution < -0.4 is 10.4 Å². The first-order valence-corrected chi connectivity index (χ1v) is 9.44. The van der Waals surface area contributed by atoms with Gasteiger partial charge in [0.2, 0.25) is 5.76 Å². The van der Waals surface area contributed by atoms with Gasteiger partial charge in [0, 0.05) is 16.8 Å². The maximum absolute atomic E-state index is 12.6. The van der Waals surface area contributed by atoms with Gasteiger partial charge in [-0.3, -0.25) is 0 Å². The van der Waals surface area contributed by atoms with E-state index in [0.717, 1.165) is 21.9 Å². The predicted octanol–water partition coefficient (Wildman–Crippen LogP) is 5.73. The molecule has 5 nitrogen and oxygen atoms in total. The van der Waals surface area contributed by atoms with Crippen LogP contribution in [0.15, 0.2) is 92.5 Å². The van der Waals surface area contributed by atoms with E-state index >= 15 is 0 Å². The van der Waals surface area contributed by atoms with Crippen molar-refractivity contribution in [3.8, 4) is 16.9 Å². The Morgan fingerprint density at radius 2 is 1.60 bits per heavy atom. The number of ether oxygens (including phenoxy) is 1. The van der Waals surface area contributed by atoms with Crippen molar-refractivity contribution in [1.82, 2.24) is 0 Å². The van der Waals surface area contributed by atoms with Crippen LogP contribution in [-0.2, 0) is 0 Å². The van der Waals surface area contributed by atoms with E-state index in [4.69, 9.17) is 13.6 Å². The van der Waals surface area contributed by atoms with E-state index in [0.29, 0.717) is 16.7 Å². The van der Waals surface area contributed by atoms with Gasteiger partial charge in [-0.2, -0.15) is 0 Å². The SMILES string of the molecule is Cc1c(-c2ccccc2)c(=O)oc2cc(OC(=O)c3cc4ccccc4o3)ccc12. The fourth-order valence-electron chi connectivity index (χ4n) is 3.58. The highest BCUT2D eigenvalue weighted by Gasteiger charge is 2.17. The molecule has 30 heavy (non-hydrogen) atoms. The lowest BCUT2D eigenvalue weighted by Crippen LogP contribution is -2.08. The van der Waals surface area contributed by atoms with E-state index in [2.05, 4.69) is 0 Å². The lowest BCUT2D eigenvalue weighted by atomic mass is 10.00. The van der Waals surface area contributed by atoms with Gasteiger partial charge in [-0.1, -0.05) is 48.5 Å². The highest BCUT2D eigenvalue weighted by atomic mass is 16.5. The standard InChI is InChI=1S/C25H16O5/c1-15-19-12-11-18(28-24(26)22-13-17-9-5-6-10-20(17)29-22)14-21(19)30-25(27)23(15)16-7-3-2-4-8-16/h2-14H,1H3. The van der Waals surface area contributed by atoms with Crippen molar-refractivity contribution in [1.29, 1.82) is 0 Å². The highest BCUT2D eigenvalue weighted by Crippen LogP contribution is 2.29. The molecule has 0 fully saturated rings. The molecule has 0 N–H and O–H groups in total. The Morgan fingerprint density at radius 3 is 2.40 bits per heavy atom. The quantitative estimate of drug-likeness (QED) is 0.221. The molecule has 0 aliphatic carbocycles. The zero-order valence-corrected chi connectivity index (χ0v) is 16.0. The molecular formula is C25H16O5. The number of esters is 1. The van der Waals surface area contributed by atoms with Crippen LogP contribution in [0.2, 0.25) is 0 Å². The van der Waals surface area contributed by atoms with Crippen LogP contribution in [0.25, 0.3) is 33.1 Å². The molecule has 0 saturated carbocycles. The molecule has 3 aromatic carbocycles. The number of hydrogen-bond acceptors (Lipinski definition) is 5. The summed E-state index contributed by atoms with van der Waals surface area (Å²) >= 11 is 0. The summed E-state index contributed by atoms with van der Waals surface area (Å²) in [6, 6.07) is 23.3. The van der Waals surface area contributed by atoms with Crippen LogP contribution in [-0.4, -0.2) is 5.97 Å². The first-order valence-electron chi connectivity index (χ1n) is 9.44. The maximum Gasteiger partial charge on any atom is 0.379 e. The molecule has 0 bridgehead atoms. The third-order valence-electron chi connectivity index (χ3n) is 5.04. The zero-order valence-electron chi connectivity index (χ0n) is 16.0. The minimum absolute atomic E-state index is 0.105. The topological polar surface area (TPSA) is 69.7 Å².